The fourth-order valence-corrected chi connectivity index (χ4v) is 1.27. The molecule has 0 bridgehead atoms. The van der Waals surface area contributed by atoms with Crippen molar-refractivity contribution in [2.45, 2.75) is 25.8 Å². The number of anilines is 2. The lowest BCUT2D eigenvalue weighted by atomic mass is 10.1. The van der Waals surface area contributed by atoms with Gasteiger partial charge in [0.2, 0.25) is 5.88 Å². The van der Waals surface area contributed by atoms with Crippen LogP contribution in [0.5, 0.6) is 5.88 Å². The second-order valence-corrected chi connectivity index (χ2v) is 4.44. The van der Waals surface area contributed by atoms with Crippen LogP contribution in [0.1, 0.15) is 20.3 Å². The van der Waals surface area contributed by atoms with Gasteiger partial charge in [0.15, 0.2) is 0 Å². The first-order valence-electron chi connectivity index (χ1n) is 5.94. The van der Waals surface area contributed by atoms with Crippen LogP contribution in [0, 0.1) is 0 Å². The first-order chi connectivity index (χ1) is 8.54. The predicted molar refractivity (Wildman–Crippen MR) is 70.6 cm³/mol. The molecule has 1 rings (SSSR count). The number of hydrogen-bond acceptors (Lipinski definition) is 6. The summed E-state index contributed by atoms with van der Waals surface area (Å²) in [6, 6.07) is 3.35. The van der Waals surface area contributed by atoms with E-state index < -0.39 is 5.54 Å². The number of pyridine rings is 1. The van der Waals surface area contributed by atoms with E-state index in [9.17, 15) is 10.2 Å². The van der Waals surface area contributed by atoms with E-state index in [0.717, 1.165) is 6.42 Å². The maximum Gasteiger partial charge on any atom is 0.239 e. The fourth-order valence-electron chi connectivity index (χ4n) is 1.27. The van der Waals surface area contributed by atoms with E-state index >= 15 is 0 Å². The molecule has 0 aliphatic rings. The summed E-state index contributed by atoms with van der Waals surface area (Å²) in [6.45, 7) is 3.81. The van der Waals surface area contributed by atoms with Gasteiger partial charge in [-0.2, -0.15) is 4.98 Å². The third-order valence-electron chi connectivity index (χ3n) is 2.46. The Hall–Kier alpha value is -1.53. The normalized spacial score (nSPS) is 11.3. The number of ether oxygens (including phenoxy) is 1. The molecule has 1 heterocycles. The van der Waals surface area contributed by atoms with Crippen LogP contribution in [0.4, 0.5) is 11.5 Å². The molecular weight excluding hydrogens is 234 g/mol. The molecule has 0 radical (unpaired) electrons. The summed E-state index contributed by atoms with van der Waals surface area (Å²) in [4.78, 5) is 4.21. The molecule has 1 aromatic rings. The van der Waals surface area contributed by atoms with Gasteiger partial charge in [-0.1, -0.05) is 6.92 Å². The summed E-state index contributed by atoms with van der Waals surface area (Å²) in [5.74, 6) is 0.862. The molecule has 0 spiro atoms. The van der Waals surface area contributed by atoms with Crippen molar-refractivity contribution in [3.8, 4) is 5.88 Å². The molecule has 0 aliphatic carbocycles. The average Bonchev–Trinajstić information content (AvgIpc) is 2.39. The zero-order valence-electron chi connectivity index (χ0n) is 10.8. The van der Waals surface area contributed by atoms with Crippen LogP contribution in [-0.4, -0.2) is 40.6 Å². The van der Waals surface area contributed by atoms with E-state index in [2.05, 4.69) is 10.3 Å². The van der Waals surface area contributed by atoms with E-state index in [4.69, 9.17) is 10.5 Å². The second kappa shape index (κ2) is 6.42. The SMILES string of the molecule is CCCOc1nc(NC(C)(CO)CO)ccc1N. The maximum absolute atomic E-state index is 9.21. The van der Waals surface area contributed by atoms with Crippen LogP contribution >= 0.6 is 0 Å². The molecule has 0 saturated heterocycles. The Bertz CT molecular complexity index is 381. The Kier molecular flexibility index (Phi) is 5.18. The zero-order valence-corrected chi connectivity index (χ0v) is 10.8. The van der Waals surface area contributed by atoms with Crippen molar-refractivity contribution in [3.05, 3.63) is 12.1 Å². The Morgan fingerprint density at radius 1 is 1.39 bits per heavy atom. The molecule has 0 aromatic carbocycles. The average molecular weight is 255 g/mol. The van der Waals surface area contributed by atoms with Gasteiger partial charge in [0.05, 0.1) is 31.0 Å². The highest BCUT2D eigenvalue weighted by atomic mass is 16.5. The summed E-state index contributed by atoms with van der Waals surface area (Å²) in [5.41, 5.74) is 5.38. The van der Waals surface area contributed by atoms with E-state index in [1.54, 1.807) is 19.1 Å². The molecule has 0 saturated carbocycles. The largest absolute Gasteiger partial charge is 0.476 e. The summed E-state index contributed by atoms with van der Waals surface area (Å²) in [7, 11) is 0. The predicted octanol–water partition coefficient (Wildman–Crippen LogP) is 0.608. The van der Waals surface area contributed by atoms with E-state index in [1.165, 1.54) is 0 Å². The molecular formula is C12H21N3O3. The molecule has 0 aliphatic heterocycles. The fraction of sp³-hybridized carbons (Fsp3) is 0.583. The quantitative estimate of drug-likeness (QED) is 0.569. The Labute approximate surface area is 107 Å². The van der Waals surface area contributed by atoms with Crippen LogP contribution in [-0.2, 0) is 0 Å². The number of rotatable bonds is 7. The van der Waals surface area contributed by atoms with Crippen LogP contribution < -0.4 is 15.8 Å². The summed E-state index contributed by atoms with van der Waals surface area (Å²) >= 11 is 0. The molecule has 1 aromatic heterocycles. The van der Waals surface area contributed by atoms with Gasteiger partial charge in [-0.05, 0) is 25.5 Å². The van der Waals surface area contributed by atoms with Gasteiger partial charge in [0.1, 0.15) is 5.82 Å². The van der Waals surface area contributed by atoms with Crippen molar-refractivity contribution in [1.82, 2.24) is 4.98 Å². The summed E-state index contributed by atoms with van der Waals surface area (Å²) in [5, 5.41) is 21.4. The van der Waals surface area contributed by atoms with Gasteiger partial charge >= 0.3 is 0 Å². The zero-order chi connectivity index (χ0) is 13.6. The molecule has 0 atom stereocenters. The van der Waals surface area contributed by atoms with Gasteiger partial charge in [0.25, 0.3) is 0 Å². The Morgan fingerprint density at radius 2 is 2.06 bits per heavy atom. The standard InChI is InChI=1S/C12H21N3O3/c1-3-6-18-11-9(13)4-5-10(14-11)15-12(2,7-16)8-17/h4-5,16-17H,3,6-8,13H2,1-2H3,(H,14,15). The van der Waals surface area contributed by atoms with Crippen molar-refractivity contribution in [2.75, 3.05) is 30.9 Å². The number of hydrogen-bond donors (Lipinski definition) is 4. The highest BCUT2D eigenvalue weighted by Crippen LogP contribution is 2.22. The molecule has 102 valence electrons. The third-order valence-corrected chi connectivity index (χ3v) is 2.46. The number of aliphatic hydroxyl groups excluding tert-OH is 2. The second-order valence-electron chi connectivity index (χ2n) is 4.44. The van der Waals surface area contributed by atoms with Crippen molar-refractivity contribution in [3.63, 3.8) is 0 Å². The highest BCUT2D eigenvalue weighted by Gasteiger charge is 2.22. The van der Waals surface area contributed by atoms with Crippen LogP contribution in [0.3, 0.4) is 0 Å². The minimum absolute atomic E-state index is 0.208. The van der Waals surface area contributed by atoms with E-state index in [0.29, 0.717) is 24.0 Å². The van der Waals surface area contributed by atoms with Gasteiger partial charge in [0, 0.05) is 0 Å². The Morgan fingerprint density at radius 3 is 2.61 bits per heavy atom. The van der Waals surface area contributed by atoms with E-state index in [1.807, 2.05) is 6.92 Å². The number of nitrogens with zero attached hydrogens (tertiary/aromatic N) is 1. The first-order valence-corrected chi connectivity index (χ1v) is 5.94. The van der Waals surface area contributed by atoms with Gasteiger partial charge in [-0.15, -0.1) is 0 Å². The van der Waals surface area contributed by atoms with Crippen molar-refractivity contribution in [1.29, 1.82) is 0 Å². The van der Waals surface area contributed by atoms with Crippen LogP contribution in [0.2, 0.25) is 0 Å². The smallest absolute Gasteiger partial charge is 0.239 e. The van der Waals surface area contributed by atoms with Crippen molar-refractivity contribution in [2.24, 2.45) is 0 Å². The van der Waals surface area contributed by atoms with Gasteiger partial charge < -0.3 is 26.0 Å². The monoisotopic (exact) mass is 255 g/mol. The molecule has 5 N–H and O–H groups in total. The molecule has 6 nitrogen and oxygen atoms in total. The minimum Gasteiger partial charge on any atom is -0.476 e. The van der Waals surface area contributed by atoms with Crippen LogP contribution in [0.25, 0.3) is 0 Å². The lowest BCUT2D eigenvalue weighted by Crippen LogP contribution is -2.42. The molecule has 18 heavy (non-hydrogen) atoms. The molecule has 0 amide bonds. The number of aromatic nitrogens is 1. The molecule has 0 fully saturated rings. The lowest BCUT2D eigenvalue weighted by molar-refractivity contribution is 0.147. The summed E-state index contributed by atoms with van der Waals surface area (Å²) < 4.78 is 5.41. The van der Waals surface area contributed by atoms with Crippen molar-refractivity contribution < 1.29 is 14.9 Å². The van der Waals surface area contributed by atoms with Gasteiger partial charge in [-0.25, -0.2) is 0 Å². The number of nitrogens with one attached hydrogen (secondary N) is 1. The third kappa shape index (κ3) is 3.75. The minimum atomic E-state index is -0.828. The first kappa shape index (κ1) is 14.5. The number of aliphatic hydroxyl groups is 2. The molecule has 6 heteroatoms. The van der Waals surface area contributed by atoms with Gasteiger partial charge in [-0.3, -0.25) is 0 Å². The lowest BCUT2D eigenvalue weighted by Gasteiger charge is -2.27. The molecule has 0 unspecified atom stereocenters. The topological polar surface area (TPSA) is 101 Å². The Balaban J connectivity index is 2.84. The number of nitrogen functional groups attached to an aromatic ring is 1. The maximum atomic E-state index is 9.21. The van der Waals surface area contributed by atoms with Crippen molar-refractivity contribution >= 4 is 11.5 Å². The number of nitrogens with two attached hydrogens (primary N) is 1. The summed E-state index contributed by atoms with van der Waals surface area (Å²) in [6.07, 6.45) is 0.865. The van der Waals surface area contributed by atoms with E-state index in [-0.39, 0.29) is 13.2 Å². The highest BCUT2D eigenvalue weighted by molar-refractivity contribution is 5.54. The van der Waals surface area contributed by atoms with Crippen LogP contribution in [0.15, 0.2) is 12.1 Å².